The Morgan fingerprint density at radius 1 is 1.05 bits per heavy atom. The van der Waals surface area contributed by atoms with E-state index in [0.717, 1.165) is 30.5 Å². The highest BCUT2D eigenvalue weighted by Crippen LogP contribution is 2.21. The number of nitrogens with one attached hydrogen (secondary N) is 1. The second-order valence-electron chi connectivity index (χ2n) is 5.02. The van der Waals surface area contributed by atoms with Gasteiger partial charge in [0.05, 0.1) is 5.71 Å². The van der Waals surface area contributed by atoms with Crippen LogP contribution in [-0.2, 0) is 6.42 Å². The number of carbonyl (C=O) groups is 1. The third-order valence-corrected chi connectivity index (χ3v) is 3.84. The summed E-state index contributed by atoms with van der Waals surface area (Å²) in [5.41, 5.74) is 6.56. The summed E-state index contributed by atoms with van der Waals surface area (Å²) in [6.45, 7) is 0. The number of nitrogens with zero attached hydrogens (tertiary/aromatic N) is 1. The molecule has 0 atom stereocenters. The molecule has 3 nitrogen and oxygen atoms in total. The number of halogens is 1. The molecule has 21 heavy (non-hydrogen) atoms. The molecule has 0 spiro atoms. The van der Waals surface area contributed by atoms with Gasteiger partial charge >= 0.3 is 0 Å². The summed E-state index contributed by atoms with van der Waals surface area (Å²) in [7, 11) is 0. The molecular formula is C17H15ClN2O. The lowest BCUT2D eigenvalue weighted by Gasteiger charge is -2.17. The second-order valence-corrected chi connectivity index (χ2v) is 5.45. The van der Waals surface area contributed by atoms with Gasteiger partial charge in [0.1, 0.15) is 0 Å². The zero-order valence-corrected chi connectivity index (χ0v) is 12.2. The average molecular weight is 299 g/mol. The molecule has 0 aromatic heterocycles. The summed E-state index contributed by atoms with van der Waals surface area (Å²) < 4.78 is 0. The van der Waals surface area contributed by atoms with Crippen LogP contribution < -0.4 is 5.43 Å². The molecule has 0 radical (unpaired) electrons. The summed E-state index contributed by atoms with van der Waals surface area (Å²) in [5.74, 6) is -0.220. The Labute approximate surface area is 128 Å². The van der Waals surface area contributed by atoms with Gasteiger partial charge in [-0.25, -0.2) is 5.43 Å². The van der Waals surface area contributed by atoms with Crippen LogP contribution in [0, 0.1) is 0 Å². The van der Waals surface area contributed by atoms with E-state index in [2.05, 4.69) is 22.7 Å². The van der Waals surface area contributed by atoms with Gasteiger partial charge in [-0.2, -0.15) is 5.10 Å². The van der Waals surface area contributed by atoms with Crippen LogP contribution in [0.25, 0.3) is 0 Å². The summed E-state index contributed by atoms with van der Waals surface area (Å²) in [5, 5.41) is 4.92. The van der Waals surface area contributed by atoms with E-state index >= 15 is 0 Å². The number of benzene rings is 2. The van der Waals surface area contributed by atoms with Gasteiger partial charge < -0.3 is 0 Å². The highest BCUT2D eigenvalue weighted by Gasteiger charge is 2.15. The lowest BCUT2D eigenvalue weighted by molar-refractivity contribution is 0.0955. The first kappa shape index (κ1) is 13.8. The van der Waals surface area contributed by atoms with Gasteiger partial charge in [0.15, 0.2) is 0 Å². The molecule has 0 saturated carbocycles. The van der Waals surface area contributed by atoms with Crippen LogP contribution in [0.4, 0.5) is 0 Å². The fourth-order valence-electron chi connectivity index (χ4n) is 2.50. The number of aryl methyl sites for hydroxylation is 1. The molecule has 0 fully saturated rings. The molecule has 0 heterocycles. The number of hydrogen-bond acceptors (Lipinski definition) is 2. The van der Waals surface area contributed by atoms with Crippen LogP contribution >= 0.6 is 11.6 Å². The van der Waals surface area contributed by atoms with Crippen molar-refractivity contribution in [2.75, 3.05) is 0 Å². The summed E-state index contributed by atoms with van der Waals surface area (Å²) in [4.78, 5) is 12.0. The van der Waals surface area contributed by atoms with Crippen molar-refractivity contribution in [3.05, 3.63) is 70.2 Å². The van der Waals surface area contributed by atoms with Crippen LogP contribution in [0.5, 0.6) is 0 Å². The predicted molar refractivity (Wildman–Crippen MR) is 84.8 cm³/mol. The first-order chi connectivity index (χ1) is 10.2. The Hall–Kier alpha value is -2.13. The van der Waals surface area contributed by atoms with Gasteiger partial charge in [-0.1, -0.05) is 35.9 Å². The average Bonchev–Trinajstić information content (AvgIpc) is 2.53. The number of fused-ring (bicyclic) bond motifs is 1. The van der Waals surface area contributed by atoms with E-state index in [4.69, 9.17) is 11.6 Å². The van der Waals surface area contributed by atoms with Crippen molar-refractivity contribution in [2.45, 2.75) is 19.3 Å². The molecular weight excluding hydrogens is 284 g/mol. The lowest BCUT2D eigenvalue weighted by atomic mass is 9.90. The molecule has 1 N–H and O–H groups in total. The zero-order valence-electron chi connectivity index (χ0n) is 11.5. The molecule has 2 aromatic carbocycles. The molecule has 0 saturated heterocycles. The van der Waals surface area contributed by atoms with E-state index in [1.807, 2.05) is 12.1 Å². The Bertz CT molecular complexity index is 692. The summed E-state index contributed by atoms with van der Waals surface area (Å²) in [6, 6.07) is 15.0. The molecule has 2 aromatic rings. The van der Waals surface area contributed by atoms with Crippen molar-refractivity contribution in [3.63, 3.8) is 0 Å². The van der Waals surface area contributed by atoms with E-state index in [0.29, 0.717) is 10.6 Å². The zero-order chi connectivity index (χ0) is 14.7. The van der Waals surface area contributed by atoms with Crippen molar-refractivity contribution in [1.82, 2.24) is 5.43 Å². The first-order valence-electron chi connectivity index (χ1n) is 6.95. The summed E-state index contributed by atoms with van der Waals surface area (Å²) >= 11 is 5.81. The van der Waals surface area contributed by atoms with Crippen LogP contribution in [-0.4, -0.2) is 11.6 Å². The molecule has 4 heteroatoms. The van der Waals surface area contributed by atoms with Crippen LogP contribution in [0.2, 0.25) is 5.02 Å². The Balaban J connectivity index is 1.78. The predicted octanol–water partition coefficient (Wildman–Crippen LogP) is 3.81. The molecule has 0 unspecified atom stereocenters. The third-order valence-electron chi connectivity index (χ3n) is 3.59. The molecule has 3 rings (SSSR count). The van der Waals surface area contributed by atoms with E-state index < -0.39 is 0 Å². The van der Waals surface area contributed by atoms with Gasteiger partial charge in [-0.3, -0.25) is 4.79 Å². The maximum Gasteiger partial charge on any atom is 0.271 e. The smallest absolute Gasteiger partial charge is 0.267 e. The molecule has 106 valence electrons. The van der Waals surface area contributed by atoms with Gasteiger partial charge in [0.2, 0.25) is 0 Å². The Morgan fingerprint density at radius 3 is 2.62 bits per heavy atom. The second kappa shape index (κ2) is 6.10. The first-order valence-corrected chi connectivity index (χ1v) is 7.32. The van der Waals surface area contributed by atoms with Crippen molar-refractivity contribution in [3.8, 4) is 0 Å². The van der Waals surface area contributed by atoms with Crippen molar-refractivity contribution in [2.24, 2.45) is 5.10 Å². The molecule has 1 amide bonds. The number of carbonyl (C=O) groups excluding carboxylic acids is 1. The fraction of sp³-hybridized carbons (Fsp3) is 0.176. The number of rotatable bonds is 2. The molecule has 0 aliphatic heterocycles. The van der Waals surface area contributed by atoms with Gasteiger partial charge in [0.25, 0.3) is 5.91 Å². The largest absolute Gasteiger partial charge is 0.271 e. The van der Waals surface area contributed by atoms with Crippen LogP contribution in [0.3, 0.4) is 0 Å². The topological polar surface area (TPSA) is 41.5 Å². The minimum absolute atomic E-state index is 0.220. The van der Waals surface area contributed by atoms with E-state index in [1.54, 1.807) is 24.3 Å². The van der Waals surface area contributed by atoms with Crippen molar-refractivity contribution >= 4 is 23.2 Å². The van der Waals surface area contributed by atoms with E-state index in [9.17, 15) is 4.79 Å². The van der Waals surface area contributed by atoms with Crippen molar-refractivity contribution in [1.29, 1.82) is 0 Å². The molecule has 0 bridgehead atoms. The van der Waals surface area contributed by atoms with Crippen LogP contribution in [0.1, 0.15) is 34.3 Å². The minimum atomic E-state index is -0.220. The number of amides is 1. The number of hydrazone groups is 1. The molecule has 1 aliphatic rings. The fourth-order valence-corrected chi connectivity index (χ4v) is 2.63. The highest BCUT2D eigenvalue weighted by molar-refractivity contribution is 6.30. The SMILES string of the molecule is O=C(N/N=C1/CCCc2ccccc21)c1ccc(Cl)cc1. The van der Waals surface area contributed by atoms with Crippen molar-refractivity contribution < 1.29 is 4.79 Å². The summed E-state index contributed by atoms with van der Waals surface area (Å²) in [6.07, 6.45) is 3.02. The van der Waals surface area contributed by atoms with Gasteiger partial charge in [-0.15, -0.1) is 0 Å². The van der Waals surface area contributed by atoms with E-state index in [1.165, 1.54) is 5.56 Å². The normalized spacial score (nSPS) is 15.6. The van der Waals surface area contributed by atoms with Crippen LogP contribution in [0.15, 0.2) is 53.6 Å². The minimum Gasteiger partial charge on any atom is -0.267 e. The Kier molecular flexibility index (Phi) is 4.02. The lowest BCUT2D eigenvalue weighted by Crippen LogP contribution is -2.22. The monoisotopic (exact) mass is 298 g/mol. The maximum atomic E-state index is 12.0. The molecule has 1 aliphatic carbocycles. The third kappa shape index (κ3) is 3.14. The maximum absolute atomic E-state index is 12.0. The van der Waals surface area contributed by atoms with Gasteiger partial charge in [-0.05, 0) is 49.1 Å². The number of hydrogen-bond donors (Lipinski definition) is 1. The van der Waals surface area contributed by atoms with Gasteiger partial charge in [0, 0.05) is 16.1 Å². The standard InChI is InChI=1S/C17H15ClN2O/c18-14-10-8-13(9-11-14)17(21)20-19-16-7-3-5-12-4-1-2-6-15(12)16/h1-2,4,6,8-11H,3,5,7H2,(H,20,21)/b19-16-. The quantitative estimate of drug-likeness (QED) is 0.842. The Morgan fingerprint density at radius 2 is 1.81 bits per heavy atom. The van der Waals surface area contributed by atoms with E-state index in [-0.39, 0.29) is 5.91 Å². The highest BCUT2D eigenvalue weighted by atomic mass is 35.5.